The lowest BCUT2D eigenvalue weighted by atomic mass is 9.87. The van der Waals surface area contributed by atoms with Gasteiger partial charge in [-0.2, -0.15) is 10.2 Å². The minimum Gasteiger partial charge on any atom is -0.384 e. The maximum Gasteiger partial charge on any atom is 0.179 e. The maximum atomic E-state index is 8.59. The van der Waals surface area contributed by atoms with Gasteiger partial charge in [-0.25, -0.2) is 4.68 Å². The van der Waals surface area contributed by atoms with Crippen molar-refractivity contribution in [1.29, 1.82) is 5.41 Å². The van der Waals surface area contributed by atoms with Crippen LogP contribution in [0.2, 0.25) is 0 Å². The molecule has 0 amide bonds. The average Bonchev–Trinajstić information content (AvgIpc) is 3.36. The molecule has 0 aromatic carbocycles. The van der Waals surface area contributed by atoms with Crippen molar-refractivity contribution in [3.8, 4) is 11.1 Å². The lowest BCUT2D eigenvalue weighted by Gasteiger charge is -2.39. The van der Waals surface area contributed by atoms with Crippen molar-refractivity contribution in [3.05, 3.63) is 30.4 Å². The van der Waals surface area contributed by atoms with E-state index in [9.17, 15) is 0 Å². The minimum atomic E-state index is -0.709. The number of allylic oxidation sites excluding steroid dienone is 1. The summed E-state index contributed by atoms with van der Waals surface area (Å²) in [6.45, 7) is 4.52. The molecule has 2 aromatic rings. The molecule has 2 aliphatic heterocycles. The van der Waals surface area contributed by atoms with Crippen LogP contribution in [-0.4, -0.2) is 57.4 Å². The Hall–Kier alpha value is -2.49. The van der Waals surface area contributed by atoms with Crippen molar-refractivity contribution in [2.45, 2.75) is 19.1 Å². The standard InChI is InChI=1S/C18H25N7O2/c1-12-14(13-8-22-24(2)11-13)9-23-25(12)17(20)7-16(19)15-10-21-4-3-18(15)26-5-6-27-18/h7-9,11,15,19,21H,3-6,10,20H2,1-2H3/b17-7-,19-16?. The Morgan fingerprint density at radius 2 is 2.15 bits per heavy atom. The number of ether oxygens (including phenoxy) is 2. The Kier molecular flexibility index (Phi) is 4.58. The van der Waals surface area contributed by atoms with E-state index in [-0.39, 0.29) is 5.92 Å². The van der Waals surface area contributed by atoms with Gasteiger partial charge in [0, 0.05) is 55.7 Å². The van der Waals surface area contributed by atoms with Crippen molar-refractivity contribution >= 4 is 11.5 Å². The molecule has 0 radical (unpaired) electrons. The smallest absolute Gasteiger partial charge is 0.179 e. The van der Waals surface area contributed by atoms with Gasteiger partial charge in [-0.3, -0.25) is 4.68 Å². The van der Waals surface area contributed by atoms with Crippen molar-refractivity contribution in [1.82, 2.24) is 24.9 Å². The van der Waals surface area contributed by atoms with Crippen LogP contribution in [0, 0.1) is 18.3 Å². The van der Waals surface area contributed by atoms with Gasteiger partial charge in [-0.05, 0) is 6.92 Å². The van der Waals surface area contributed by atoms with Crippen molar-refractivity contribution < 1.29 is 9.47 Å². The van der Waals surface area contributed by atoms with Crippen LogP contribution in [0.3, 0.4) is 0 Å². The van der Waals surface area contributed by atoms with Crippen molar-refractivity contribution in [2.75, 3.05) is 26.3 Å². The lowest BCUT2D eigenvalue weighted by Crippen LogP contribution is -2.53. The van der Waals surface area contributed by atoms with E-state index in [2.05, 4.69) is 15.5 Å². The van der Waals surface area contributed by atoms with E-state index in [4.69, 9.17) is 20.6 Å². The largest absolute Gasteiger partial charge is 0.384 e. The minimum absolute atomic E-state index is 0.207. The SMILES string of the molecule is Cc1c(-c2cnn(C)c2)cnn1/C(N)=C\C(=N)C1CNCCC12OCCO2. The van der Waals surface area contributed by atoms with Gasteiger partial charge in [0.15, 0.2) is 5.79 Å². The molecule has 9 heteroatoms. The summed E-state index contributed by atoms with van der Waals surface area (Å²) in [6.07, 6.45) is 7.87. The Labute approximate surface area is 157 Å². The summed E-state index contributed by atoms with van der Waals surface area (Å²) in [7, 11) is 1.88. The second-order valence-corrected chi connectivity index (χ2v) is 7.00. The summed E-state index contributed by atoms with van der Waals surface area (Å²) in [6, 6.07) is 0. The second kappa shape index (κ2) is 6.91. The number of nitrogens with two attached hydrogens (primary N) is 1. The Morgan fingerprint density at radius 3 is 2.85 bits per heavy atom. The van der Waals surface area contributed by atoms with Gasteiger partial charge in [0.2, 0.25) is 0 Å². The topological polar surface area (TPSA) is 116 Å². The third-order valence-electron chi connectivity index (χ3n) is 5.25. The summed E-state index contributed by atoms with van der Waals surface area (Å²) < 4.78 is 15.2. The van der Waals surface area contributed by atoms with Gasteiger partial charge in [-0.1, -0.05) is 0 Å². The monoisotopic (exact) mass is 371 g/mol. The summed E-state index contributed by atoms with van der Waals surface area (Å²) >= 11 is 0. The van der Waals surface area contributed by atoms with E-state index in [1.54, 1.807) is 27.8 Å². The summed E-state index contributed by atoms with van der Waals surface area (Å²) in [5.74, 6) is -0.522. The fraction of sp³-hybridized carbons (Fsp3) is 0.500. The van der Waals surface area contributed by atoms with Crippen LogP contribution in [0.25, 0.3) is 16.9 Å². The maximum absolute atomic E-state index is 8.59. The van der Waals surface area contributed by atoms with Crippen LogP contribution in [-0.2, 0) is 16.5 Å². The highest BCUT2D eigenvalue weighted by molar-refractivity contribution is 5.98. The third-order valence-corrected chi connectivity index (χ3v) is 5.25. The average molecular weight is 371 g/mol. The van der Waals surface area contributed by atoms with E-state index in [1.807, 2.05) is 20.2 Å². The van der Waals surface area contributed by atoms with Gasteiger partial charge in [-0.15, -0.1) is 0 Å². The zero-order valence-corrected chi connectivity index (χ0v) is 15.6. The lowest BCUT2D eigenvalue weighted by molar-refractivity contribution is -0.190. The Bertz CT molecular complexity index is 876. The molecule has 0 aliphatic carbocycles. The van der Waals surface area contributed by atoms with Gasteiger partial charge >= 0.3 is 0 Å². The normalized spacial score (nSPS) is 22.4. The molecule has 4 rings (SSSR count). The first-order valence-electron chi connectivity index (χ1n) is 9.08. The van der Waals surface area contributed by atoms with Crippen LogP contribution in [0.4, 0.5) is 0 Å². The van der Waals surface area contributed by atoms with E-state index >= 15 is 0 Å². The fourth-order valence-corrected chi connectivity index (χ4v) is 3.84. The molecule has 1 atom stereocenters. The number of aromatic nitrogens is 4. The number of rotatable bonds is 4. The zero-order chi connectivity index (χ0) is 19.0. The number of hydrogen-bond acceptors (Lipinski definition) is 7. The number of piperidine rings is 1. The van der Waals surface area contributed by atoms with Crippen LogP contribution in [0.15, 0.2) is 24.7 Å². The molecule has 4 heterocycles. The predicted octanol–water partition coefficient (Wildman–Crippen LogP) is 0.721. The summed E-state index contributed by atoms with van der Waals surface area (Å²) in [4.78, 5) is 0. The Balaban J connectivity index is 1.59. The highest BCUT2D eigenvalue weighted by atomic mass is 16.7. The van der Waals surface area contributed by atoms with Gasteiger partial charge in [0.25, 0.3) is 0 Å². The third kappa shape index (κ3) is 3.18. The molecule has 2 fully saturated rings. The molecular weight excluding hydrogens is 346 g/mol. The van der Waals surface area contributed by atoms with Gasteiger partial charge in [0.05, 0.1) is 37.2 Å². The van der Waals surface area contributed by atoms with Crippen LogP contribution < -0.4 is 11.1 Å². The highest BCUT2D eigenvalue weighted by Crippen LogP contribution is 2.35. The van der Waals surface area contributed by atoms with Crippen LogP contribution >= 0.6 is 0 Å². The van der Waals surface area contributed by atoms with Crippen molar-refractivity contribution in [3.63, 3.8) is 0 Å². The first kappa shape index (κ1) is 17.9. The second-order valence-electron chi connectivity index (χ2n) is 7.00. The molecule has 9 nitrogen and oxygen atoms in total. The first-order chi connectivity index (χ1) is 13.0. The zero-order valence-electron chi connectivity index (χ0n) is 15.6. The molecule has 2 saturated heterocycles. The summed E-state index contributed by atoms with van der Waals surface area (Å²) in [5, 5.41) is 20.5. The molecule has 2 aromatic heterocycles. The first-order valence-corrected chi connectivity index (χ1v) is 9.08. The molecular formula is C18H25N7O2. The molecule has 4 N–H and O–H groups in total. The molecule has 144 valence electrons. The predicted molar refractivity (Wildman–Crippen MR) is 101 cm³/mol. The quantitative estimate of drug-likeness (QED) is 0.682. The number of hydrogen-bond donors (Lipinski definition) is 3. The molecule has 27 heavy (non-hydrogen) atoms. The molecule has 1 spiro atoms. The van der Waals surface area contributed by atoms with Crippen molar-refractivity contribution in [2.24, 2.45) is 18.7 Å². The van der Waals surface area contributed by atoms with Crippen LogP contribution in [0.5, 0.6) is 0 Å². The number of nitrogens with zero attached hydrogens (tertiary/aromatic N) is 4. The van der Waals surface area contributed by atoms with E-state index in [0.717, 1.165) is 29.8 Å². The van der Waals surface area contributed by atoms with E-state index < -0.39 is 5.79 Å². The van der Waals surface area contributed by atoms with Gasteiger partial charge < -0.3 is 25.9 Å². The van der Waals surface area contributed by atoms with E-state index in [1.165, 1.54) is 0 Å². The summed E-state index contributed by atoms with van der Waals surface area (Å²) in [5.41, 5.74) is 9.50. The molecule has 2 aliphatic rings. The molecule has 0 saturated carbocycles. The van der Waals surface area contributed by atoms with Crippen LogP contribution in [0.1, 0.15) is 12.1 Å². The highest BCUT2D eigenvalue weighted by Gasteiger charge is 2.47. The number of aryl methyl sites for hydroxylation is 1. The molecule has 0 bridgehead atoms. The number of nitrogens with one attached hydrogen (secondary N) is 2. The fourth-order valence-electron chi connectivity index (χ4n) is 3.84. The van der Waals surface area contributed by atoms with E-state index in [0.29, 0.717) is 31.3 Å². The van der Waals surface area contributed by atoms with Gasteiger partial charge in [0.1, 0.15) is 5.82 Å². The Morgan fingerprint density at radius 1 is 1.37 bits per heavy atom. The molecule has 1 unspecified atom stereocenters.